The van der Waals surface area contributed by atoms with Crippen LogP contribution >= 0.6 is 0 Å². The lowest BCUT2D eigenvalue weighted by Crippen LogP contribution is -2.67. The van der Waals surface area contributed by atoms with Crippen LogP contribution < -0.4 is 0 Å². The van der Waals surface area contributed by atoms with Gasteiger partial charge in [-0.1, -0.05) is 60.7 Å². The first-order chi connectivity index (χ1) is 13.3. The summed E-state index contributed by atoms with van der Waals surface area (Å²) in [4.78, 5) is 0. The maximum Gasteiger partial charge on any atom is 0.362 e. The van der Waals surface area contributed by atoms with Crippen LogP contribution in [0.5, 0.6) is 0 Å². The second-order valence-corrected chi connectivity index (χ2v) is 6.49. The Morgan fingerprint density at radius 1 is 0.821 bits per heavy atom. The Kier molecular flexibility index (Phi) is 6.34. The van der Waals surface area contributed by atoms with Crippen molar-refractivity contribution in [1.82, 2.24) is 0 Å². The Morgan fingerprint density at radius 2 is 1.36 bits per heavy atom. The number of hydrogen-bond acceptors (Lipinski definition) is 4. The van der Waals surface area contributed by atoms with Gasteiger partial charge in [-0.15, -0.1) is 0 Å². The van der Waals surface area contributed by atoms with Crippen molar-refractivity contribution in [1.29, 1.82) is 0 Å². The third-order valence-electron chi connectivity index (χ3n) is 4.42. The lowest BCUT2D eigenvalue weighted by Gasteiger charge is -2.44. The van der Waals surface area contributed by atoms with Crippen molar-refractivity contribution in [3.05, 3.63) is 71.8 Å². The molecule has 1 aliphatic rings. The minimum atomic E-state index is -4.79. The fraction of sp³-hybridized carbons (Fsp3) is 0.400. The Hall–Kier alpha value is -2.00. The smallest absolute Gasteiger partial charge is 0.362 e. The highest BCUT2D eigenvalue weighted by molar-refractivity contribution is 5.14. The Labute approximate surface area is 159 Å². The standard InChI is InChI=1S/C20H20F4O4/c21-19(22)17(27-12-15-9-5-2-6-10-15)16(28-18(25)20(19,23)24)13-26-11-14-7-3-1-4-8-14/h1-10,16-18,25H,11-13H2/t16-,17-,18?/m1/s1. The number of halogens is 4. The van der Waals surface area contributed by atoms with Crippen LogP contribution in [-0.4, -0.2) is 42.1 Å². The Bertz CT molecular complexity index is 742. The molecule has 1 fully saturated rings. The number of aliphatic hydroxyl groups is 1. The first kappa shape index (κ1) is 20.7. The van der Waals surface area contributed by atoms with Crippen LogP contribution in [0.3, 0.4) is 0 Å². The van der Waals surface area contributed by atoms with Crippen molar-refractivity contribution in [2.24, 2.45) is 0 Å². The van der Waals surface area contributed by atoms with Gasteiger partial charge in [0.15, 0.2) is 6.10 Å². The molecule has 28 heavy (non-hydrogen) atoms. The highest BCUT2D eigenvalue weighted by Gasteiger charge is 2.71. The van der Waals surface area contributed by atoms with Gasteiger partial charge in [-0.2, -0.15) is 17.6 Å². The Morgan fingerprint density at radius 3 is 1.93 bits per heavy atom. The number of aliphatic hydroxyl groups excluding tert-OH is 1. The van der Waals surface area contributed by atoms with Crippen LogP contribution in [0.25, 0.3) is 0 Å². The zero-order valence-electron chi connectivity index (χ0n) is 14.8. The van der Waals surface area contributed by atoms with Crippen LogP contribution in [0, 0.1) is 0 Å². The minimum absolute atomic E-state index is 0.0736. The summed E-state index contributed by atoms with van der Waals surface area (Å²) in [6.45, 7) is -0.687. The lowest BCUT2D eigenvalue weighted by atomic mass is 9.96. The van der Waals surface area contributed by atoms with Gasteiger partial charge in [-0.25, -0.2) is 0 Å². The molecule has 2 aromatic carbocycles. The SMILES string of the molecule is OC1O[C@H](COCc2ccccc2)[C@@H](OCc2ccccc2)C(F)(F)C1(F)F. The van der Waals surface area contributed by atoms with Gasteiger partial charge in [0.25, 0.3) is 0 Å². The average Bonchev–Trinajstić information content (AvgIpc) is 2.68. The fourth-order valence-electron chi connectivity index (χ4n) is 2.88. The van der Waals surface area contributed by atoms with Crippen LogP contribution in [0.1, 0.15) is 11.1 Å². The summed E-state index contributed by atoms with van der Waals surface area (Å²) in [5.74, 6) is -9.43. The number of alkyl halides is 4. The van der Waals surface area contributed by atoms with Gasteiger partial charge in [0.05, 0.1) is 19.8 Å². The largest absolute Gasteiger partial charge is 0.374 e. The topological polar surface area (TPSA) is 47.9 Å². The van der Waals surface area contributed by atoms with Crippen molar-refractivity contribution in [2.75, 3.05) is 6.61 Å². The zero-order valence-corrected chi connectivity index (χ0v) is 14.8. The lowest BCUT2D eigenvalue weighted by molar-refractivity contribution is -0.402. The predicted molar refractivity (Wildman–Crippen MR) is 91.9 cm³/mol. The molecule has 4 nitrogen and oxygen atoms in total. The van der Waals surface area contributed by atoms with Crippen molar-refractivity contribution in [3.8, 4) is 0 Å². The third-order valence-corrected chi connectivity index (χ3v) is 4.42. The molecule has 152 valence electrons. The van der Waals surface area contributed by atoms with E-state index in [0.29, 0.717) is 5.56 Å². The monoisotopic (exact) mass is 400 g/mol. The van der Waals surface area contributed by atoms with Gasteiger partial charge in [0.1, 0.15) is 6.10 Å². The third kappa shape index (κ3) is 4.35. The van der Waals surface area contributed by atoms with Crippen molar-refractivity contribution in [2.45, 2.75) is 43.6 Å². The quantitative estimate of drug-likeness (QED) is 0.719. The van der Waals surface area contributed by atoms with E-state index in [4.69, 9.17) is 14.2 Å². The number of rotatable bonds is 7. The summed E-state index contributed by atoms with van der Waals surface area (Å²) in [5, 5.41) is 9.40. The second kappa shape index (κ2) is 8.57. The summed E-state index contributed by atoms with van der Waals surface area (Å²) in [5.41, 5.74) is 1.31. The molecule has 1 N–H and O–H groups in total. The van der Waals surface area contributed by atoms with E-state index < -0.39 is 36.9 Å². The van der Waals surface area contributed by atoms with E-state index in [-0.39, 0.29) is 13.2 Å². The molecule has 2 aromatic rings. The maximum absolute atomic E-state index is 14.4. The van der Waals surface area contributed by atoms with E-state index in [1.807, 2.05) is 0 Å². The molecule has 0 amide bonds. The molecule has 0 aromatic heterocycles. The summed E-state index contributed by atoms with van der Waals surface area (Å²) in [6.07, 6.45) is -6.82. The van der Waals surface area contributed by atoms with Gasteiger partial charge in [0, 0.05) is 0 Å². The molecule has 1 aliphatic heterocycles. The first-order valence-electron chi connectivity index (χ1n) is 8.68. The molecule has 1 saturated heterocycles. The first-order valence-corrected chi connectivity index (χ1v) is 8.68. The molecule has 0 saturated carbocycles. The summed E-state index contributed by atoms with van der Waals surface area (Å²) >= 11 is 0. The van der Waals surface area contributed by atoms with Crippen molar-refractivity contribution >= 4 is 0 Å². The highest BCUT2D eigenvalue weighted by Crippen LogP contribution is 2.46. The van der Waals surface area contributed by atoms with Gasteiger partial charge >= 0.3 is 11.8 Å². The molecular weight excluding hydrogens is 380 g/mol. The molecule has 0 bridgehead atoms. The van der Waals surface area contributed by atoms with Crippen LogP contribution in [0.15, 0.2) is 60.7 Å². The summed E-state index contributed by atoms with van der Waals surface area (Å²) < 4.78 is 71.8. The molecule has 3 atom stereocenters. The van der Waals surface area contributed by atoms with E-state index in [2.05, 4.69) is 0 Å². The van der Waals surface area contributed by atoms with Gasteiger partial charge in [-0.3, -0.25) is 0 Å². The van der Waals surface area contributed by atoms with Gasteiger partial charge in [0.2, 0.25) is 6.29 Å². The van der Waals surface area contributed by atoms with Crippen LogP contribution in [-0.2, 0) is 27.4 Å². The van der Waals surface area contributed by atoms with E-state index in [1.54, 1.807) is 60.7 Å². The van der Waals surface area contributed by atoms with E-state index in [1.165, 1.54) is 0 Å². The Balaban J connectivity index is 1.71. The molecule has 8 heteroatoms. The second-order valence-electron chi connectivity index (χ2n) is 6.49. The van der Waals surface area contributed by atoms with Gasteiger partial charge < -0.3 is 19.3 Å². The van der Waals surface area contributed by atoms with E-state index in [0.717, 1.165) is 5.56 Å². The van der Waals surface area contributed by atoms with E-state index in [9.17, 15) is 22.7 Å². The highest BCUT2D eigenvalue weighted by atomic mass is 19.3. The molecule has 0 radical (unpaired) electrons. The van der Waals surface area contributed by atoms with Crippen LogP contribution in [0.4, 0.5) is 17.6 Å². The number of hydrogen-bond donors (Lipinski definition) is 1. The van der Waals surface area contributed by atoms with Crippen LogP contribution in [0.2, 0.25) is 0 Å². The normalized spacial score (nSPS) is 26.1. The molecule has 0 spiro atoms. The predicted octanol–water partition coefficient (Wildman–Crippen LogP) is 3.78. The number of ether oxygens (including phenoxy) is 3. The average molecular weight is 400 g/mol. The van der Waals surface area contributed by atoms with Crippen molar-refractivity contribution < 1.29 is 36.9 Å². The van der Waals surface area contributed by atoms with E-state index >= 15 is 0 Å². The molecule has 0 aliphatic carbocycles. The van der Waals surface area contributed by atoms with Crippen molar-refractivity contribution in [3.63, 3.8) is 0 Å². The summed E-state index contributed by atoms with van der Waals surface area (Å²) in [6, 6.07) is 17.2. The van der Waals surface area contributed by atoms with Gasteiger partial charge in [-0.05, 0) is 11.1 Å². The molecular formula is C20H20F4O4. The minimum Gasteiger partial charge on any atom is -0.374 e. The molecule has 1 unspecified atom stereocenters. The fourth-order valence-corrected chi connectivity index (χ4v) is 2.88. The summed E-state index contributed by atoms with van der Waals surface area (Å²) in [7, 11) is 0. The number of benzene rings is 2. The zero-order chi connectivity index (χ0) is 20.2. The molecule has 1 heterocycles. The maximum atomic E-state index is 14.4. The molecule has 3 rings (SSSR count).